The van der Waals surface area contributed by atoms with Gasteiger partial charge < -0.3 is 9.73 Å². The zero-order valence-corrected chi connectivity index (χ0v) is 15.7. The van der Waals surface area contributed by atoms with Gasteiger partial charge >= 0.3 is 0 Å². The second-order valence-corrected chi connectivity index (χ2v) is 9.53. The van der Waals surface area contributed by atoms with Gasteiger partial charge in [-0.15, -0.1) is 16.2 Å². The lowest BCUT2D eigenvalue weighted by atomic mass is 10.3. The Morgan fingerprint density at radius 1 is 1.32 bits per heavy atom. The van der Waals surface area contributed by atoms with Crippen LogP contribution in [0.15, 0.2) is 49.1 Å². The number of halogens is 1. The number of rotatable bonds is 5. The molecular weight excluding hydrogens is 410 g/mol. The Bertz CT molecular complexity index is 1050. The van der Waals surface area contributed by atoms with Crippen molar-refractivity contribution in [1.82, 2.24) is 0 Å². The fraction of sp³-hybridized carbons (Fsp3) is 0.154. The van der Waals surface area contributed by atoms with Gasteiger partial charge in [0.1, 0.15) is 21.4 Å². The minimum atomic E-state index is -4.16. The maximum Gasteiger partial charge on any atom is 0.286 e. The van der Waals surface area contributed by atoms with Crippen molar-refractivity contribution < 1.29 is 21.3 Å². The highest BCUT2D eigenvalue weighted by atomic mass is 35.5. The van der Waals surface area contributed by atoms with E-state index in [2.05, 4.69) is 9.71 Å². The third-order valence-corrected chi connectivity index (χ3v) is 6.89. The number of hydrogen-bond acceptors (Lipinski definition) is 7. The van der Waals surface area contributed by atoms with Crippen molar-refractivity contribution in [2.45, 2.75) is 15.5 Å². The van der Waals surface area contributed by atoms with Crippen LogP contribution in [0.25, 0.3) is 0 Å². The summed E-state index contributed by atoms with van der Waals surface area (Å²) < 4.78 is 56.5. The molecule has 3 rings (SSSR count). The molecule has 0 unspecified atom stereocenters. The fourth-order valence-electron chi connectivity index (χ4n) is 2.14. The van der Waals surface area contributed by atoms with Crippen molar-refractivity contribution in [1.29, 1.82) is 0 Å². The van der Waals surface area contributed by atoms with Gasteiger partial charge in [0, 0.05) is 0 Å². The summed E-state index contributed by atoms with van der Waals surface area (Å²) >= 11 is 7.31. The van der Waals surface area contributed by atoms with E-state index in [-0.39, 0.29) is 27.2 Å². The Balaban J connectivity index is 1.86. The molecule has 1 aliphatic heterocycles. The molecule has 12 heteroatoms. The van der Waals surface area contributed by atoms with Crippen molar-refractivity contribution in [3.63, 3.8) is 0 Å². The van der Waals surface area contributed by atoms with Crippen molar-refractivity contribution in [3.05, 3.63) is 41.3 Å². The first kappa shape index (κ1) is 18.3. The van der Waals surface area contributed by atoms with E-state index in [1.54, 1.807) is 12.3 Å². The molecule has 0 radical (unpaired) electrons. The van der Waals surface area contributed by atoms with Gasteiger partial charge in [-0.25, -0.2) is 13.6 Å². The van der Waals surface area contributed by atoms with Crippen LogP contribution in [0.1, 0.15) is 5.76 Å². The summed E-state index contributed by atoms with van der Waals surface area (Å²) in [5, 5.41) is 7.72. The minimum Gasteiger partial charge on any atom is -0.468 e. The van der Waals surface area contributed by atoms with Gasteiger partial charge in [-0.2, -0.15) is 8.42 Å². The standard InChI is InChI=1S/C13H12ClN3O5S3/c14-9-4-10-12(5-11(9)24(15,18)19)25(20,21)17-13(16-10)7-23-6-8-2-1-3-22-8/h1-5H,6-7H2,(H,16,17)(H2,15,18,19). The van der Waals surface area contributed by atoms with E-state index in [9.17, 15) is 16.8 Å². The average Bonchev–Trinajstić information content (AvgIpc) is 2.97. The second-order valence-electron chi connectivity index (χ2n) is 5.03. The van der Waals surface area contributed by atoms with Crippen LogP contribution in [0.5, 0.6) is 0 Å². The monoisotopic (exact) mass is 421 g/mol. The van der Waals surface area contributed by atoms with E-state index in [1.165, 1.54) is 17.8 Å². The quantitative estimate of drug-likeness (QED) is 0.754. The molecule has 0 bridgehead atoms. The van der Waals surface area contributed by atoms with E-state index in [0.717, 1.165) is 11.8 Å². The number of fused-ring (bicyclic) bond motifs is 1. The molecule has 0 saturated heterocycles. The Morgan fingerprint density at radius 2 is 2.08 bits per heavy atom. The van der Waals surface area contributed by atoms with Gasteiger partial charge in [-0.1, -0.05) is 11.6 Å². The third-order valence-electron chi connectivity index (χ3n) is 3.19. The lowest BCUT2D eigenvalue weighted by Crippen LogP contribution is -2.24. The number of sulfonamides is 2. The Labute approximate surface area is 153 Å². The summed E-state index contributed by atoms with van der Waals surface area (Å²) in [4.78, 5) is -0.759. The number of nitrogens with zero attached hydrogens (tertiary/aromatic N) is 1. The smallest absolute Gasteiger partial charge is 0.286 e. The largest absolute Gasteiger partial charge is 0.468 e. The number of nitrogens with one attached hydrogen (secondary N) is 1. The number of anilines is 1. The first-order valence-corrected chi connectivity index (χ1v) is 11.3. The molecule has 0 aliphatic carbocycles. The molecule has 2 aromatic rings. The van der Waals surface area contributed by atoms with Crippen molar-refractivity contribution in [3.8, 4) is 0 Å². The SMILES string of the molecule is NS(=O)(=O)c1cc2c(cc1Cl)NC(CSCc1ccco1)=NS2(=O)=O. The predicted molar refractivity (Wildman–Crippen MR) is 95.9 cm³/mol. The van der Waals surface area contributed by atoms with E-state index >= 15 is 0 Å². The lowest BCUT2D eigenvalue weighted by molar-refractivity contribution is 0.530. The van der Waals surface area contributed by atoms with Crippen LogP contribution in [0.4, 0.5) is 5.69 Å². The molecule has 0 saturated carbocycles. The van der Waals surface area contributed by atoms with Crippen LogP contribution >= 0.6 is 23.4 Å². The Kier molecular flexibility index (Phi) is 4.86. The molecule has 1 aromatic carbocycles. The zero-order chi connectivity index (χ0) is 18.2. The van der Waals surface area contributed by atoms with E-state index in [1.807, 2.05) is 6.07 Å². The number of benzene rings is 1. The van der Waals surface area contributed by atoms with Crippen LogP contribution in [-0.2, 0) is 25.8 Å². The molecule has 0 fully saturated rings. The van der Waals surface area contributed by atoms with Crippen LogP contribution in [-0.4, -0.2) is 28.4 Å². The fourth-order valence-corrected chi connectivity index (χ4v) is 5.35. The molecule has 0 atom stereocenters. The molecule has 3 N–H and O–H groups in total. The summed E-state index contributed by atoms with van der Waals surface area (Å²) in [7, 11) is -8.22. The van der Waals surface area contributed by atoms with Gasteiger partial charge in [0.15, 0.2) is 0 Å². The van der Waals surface area contributed by atoms with Crippen molar-refractivity contribution in [2.75, 3.05) is 11.1 Å². The van der Waals surface area contributed by atoms with Gasteiger partial charge in [-0.3, -0.25) is 0 Å². The predicted octanol–water partition coefficient (Wildman–Crippen LogP) is 2.03. The minimum absolute atomic E-state index is 0.154. The highest BCUT2D eigenvalue weighted by Gasteiger charge is 2.28. The second kappa shape index (κ2) is 6.65. The summed E-state index contributed by atoms with van der Waals surface area (Å²) in [5.74, 6) is 1.80. The van der Waals surface area contributed by atoms with Crippen LogP contribution in [0.3, 0.4) is 0 Å². The molecule has 0 spiro atoms. The zero-order valence-electron chi connectivity index (χ0n) is 12.5. The molecule has 134 valence electrons. The van der Waals surface area contributed by atoms with Crippen LogP contribution < -0.4 is 10.5 Å². The first-order valence-electron chi connectivity index (χ1n) is 6.74. The number of furan rings is 1. The van der Waals surface area contributed by atoms with Crippen molar-refractivity contribution in [2.24, 2.45) is 9.54 Å². The third kappa shape index (κ3) is 4.01. The van der Waals surface area contributed by atoms with E-state index in [0.29, 0.717) is 5.75 Å². The molecule has 1 aliphatic rings. The number of thioether (sulfide) groups is 1. The highest BCUT2D eigenvalue weighted by Crippen LogP contribution is 2.34. The number of amidine groups is 1. The summed E-state index contributed by atoms with van der Waals surface area (Å²) in [6, 6.07) is 5.69. The van der Waals surface area contributed by atoms with Crippen LogP contribution in [0, 0.1) is 0 Å². The molecule has 25 heavy (non-hydrogen) atoms. The molecular formula is C13H12ClN3O5S3. The number of nitrogens with two attached hydrogens (primary N) is 1. The maximum atomic E-state index is 12.3. The molecule has 8 nitrogen and oxygen atoms in total. The van der Waals surface area contributed by atoms with Gasteiger partial charge in [0.2, 0.25) is 10.0 Å². The summed E-state index contributed by atoms with van der Waals surface area (Å²) in [6.45, 7) is 0. The molecule has 0 amide bonds. The Morgan fingerprint density at radius 3 is 2.72 bits per heavy atom. The topological polar surface area (TPSA) is 132 Å². The summed E-state index contributed by atoms with van der Waals surface area (Å²) in [6.07, 6.45) is 1.55. The van der Waals surface area contributed by atoms with Gasteiger partial charge in [0.25, 0.3) is 10.0 Å². The normalized spacial score (nSPS) is 16.0. The number of primary sulfonamides is 1. The molecule has 2 heterocycles. The van der Waals surface area contributed by atoms with E-state index < -0.39 is 24.9 Å². The van der Waals surface area contributed by atoms with E-state index in [4.69, 9.17) is 21.2 Å². The maximum absolute atomic E-state index is 12.3. The lowest BCUT2D eigenvalue weighted by Gasteiger charge is -2.19. The first-order chi connectivity index (χ1) is 11.7. The highest BCUT2D eigenvalue weighted by molar-refractivity contribution is 7.99. The molecule has 1 aromatic heterocycles. The average molecular weight is 422 g/mol. The van der Waals surface area contributed by atoms with Crippen LogP contribution in [0.2, 0.25) is 5.02 Å². The number of hydrogen-bond donors (Lipinski definition) is 2. The summed E-state index contributed by atoms with van der Waals surface area (Å²) in [5.41, 5.74) is 0.154. The van der Waals surface area contributed by atoms with Gasteiger partial charge in [0.05, 0.1) is 28.5 Å². The Hall–Kier alpha value is -1.53. The van der Waals surface area contributed by atoms with Gasteiger partial charge in [-0.05, 0) is 24.3 Å². The van der Waals surface area contributed by atoms with Crippen molar-refractivity contribution >= 4 is 54.9 Å².